The molecule has 0 atom stereocenters. The van der Waals surface area contributed by atoms with Crippen molar-refractivity contribution in [3.63, 3.8) is 0 Å². The highest BCUT2D eigenvalue weighted by Gasteiger charge is 2.31. The normalized spacial score (nSPS) is 19.1. The number of anilines is 2. The number of hydrogen-bond donors (Lipinski definition) is 2. The van der Waals surface area contributed by atoms with Crippen molar-refractivity contribution < 1.29 is 13.2 Å². The molecule has 0 saturated heterocycles. The van der Waals surface area contributed by atoms with Gasteiger partial charge in [0.25, 0.3) is 0 Å². The number of aromatic nitrogens is 3. The fraction of sp³-hybridized carbons (Fsp3) is 0.464. The van der Waals surface area contributed by atoms with Gasteiger partial charge in [0.1, 0.15) is 35.2 Å². The van der Waals surface area contributed by atoms with Crippen molar-refractivity contribution in [2.45, 2.75) is 69.9 Å². The summed E-state index contributed by atoms with van der Waals surface area (Å²) in [7, 11) is -3.75. The minimum atomic E-state index is -3.75. The molecular weight excluding hydrogens is 500 g/mol. The van der Waals surface area contributed by atoms with Gasteiger partial charge in [0.05, 0.1) is 6.54 Å². The molecule has 1 fully saturated rings. The largest absolute Gasteiger partial charge is 0.491 e. The van der Waals surface area contributed by atoms with Gasteiger partial charge in [-0.1, -0.05) is 26.3 Å². The summed E-state index contributed by atoms with van der Waals surface area (Å²) in [5, 5.41) is 0. The van der Waals surface area contributed by atoms with Crippen LogP contribution in [0.3, 0.4) is 0 Å². The number of nitrogens with zero attached hydrogens (tertiary/aromatic N) is 4. The molecule has 0 spiro atoms. The monoisotopic (exact) mass is 534 g/mol. The first-order chi connectivity index (χ1) is 18.2. The minimum absolute atomic E-state index is 0.00120. The van der Waals surface area contributed by atoms with Gasteiger partial charge in [0.2, 0.25) is 10.0 Å². The third kappa shape index (κ3) is 4.82. The summed E-state index contributed by atoms with van der Waals surface area (Å²) >= 11 is 0. The Morgan fingerprint density at radius 2 is 1.97 bits per heavy atom. The standard InChI is InChI=1S/C28H34N6O3S/c1-28(2)9-8-23-22(14-28)27(32-17-31-23)34-10-11-37-24-7-6-18(12-20(24)16-34)19-13-25(26(29)30-15-19)38(35,36)33-21-4-3-5-21/h6-7,12-13,15,17,21,33H,3-5,8-11,14,16H2,1-2H3,(H2,29,30). The number of nitrogens with one attached hydrogen (secondary N) is 1. The number of ether oxygens (including phenoxy) is 1. The lowest BCUT2D eigenvalue weighted by atomic mass is 9.76. The van der Waals surface area contributed by atoms with E-state index in [4.69, 9.17) is 15.5 Å². The molecule has 10 heteroatoms. The number of sulfonamides is 1. The average Bonchev–Trinajstić information content (AvgIpc) is 3.07. The summed E-state index contributed by atoms with van der Waals surface area (Å²) < 4.78 is 34.9. The number of nitrogen functional groups attached to an aromatic ring is 1. The maximum Gasteiger partial charge on any atom is 0.244 e. The van der Waals surface area contributed by atoms with Crippen LogP contribution in [0, 0.1) is 5.41 Å². The second kappa shape index (κ2) is 9.50. The number of hydrogen-bond acceptors (Lipinski definition) is 8. The molecule has 200 valence electrons. The van der Waals surface area contributed by atoms with Crippen LogP contribution >= 0.6 is 0 Å². The molecule has 3 aliphatic rings. The van der Waals surface area contributed by atoms with Crippen LogP contribution in [0.15, 0.2) is 41.7 Å². The molecule has 0 bridgehead atoms. The van der Waals surface area contributed by atoms with Gasteiger partial charge in [-0.15, -0.1) is 0 Å². The van der Waals surface area contributed by atoms with Gasteiger partial charge in [-0.05, 0) is 61.3 Å². The third-order valence-corrected chi connectivity index (χ3v) is 9.53. The number of pyridine rings is 1. The number of aryl methyl sites for hydroxylation is 1. The quantitative estimate of drug-likeness (QED) is 0.506. The van der Waals surface area contributed by atoms with E-state index in [0.717, 1.165) is 66.9 Å². The van der Waals surface area contributed by atoms with Crippen LogP contribution in [0.4, 0.5) is 11.6 Å². The SMILES string of the molecule is CC1(C)CCc2ncnc(N3CCOc4ccc(-c5cnc(N)c(S(=O)(=O)NC6CCC6)c5)cc4C3)c2C1. The Kier molecular flexibility index (Phi) is 6.26. The predicted molar refractivity (Wildman–Crippen MR) is 146 cm³/mol. The Bertz CT molecular complexity index is 1490. The summed E-state index contributed by atoms with van der Waals surface area (Å²) in [6, 6.07) is 7.52. The molecule has 38 heavy (non-hydrogen) atoms. The topological polar surface area (TPSA) is 123 Å². The van der Waals surface area contributed by atoms with E-state index in [0.29, 0.717) is 25.3 Å². The van der Waals surface area contributed by atoms with E-state index >= 15 is 0 Å². The van der Waals surface area contributed by atoms with Gasteiger partial charge in [-0.3, -0.25) is 0 Å². The summed E-state index contributed by atoms with van der Waals surface area (Å²) in [5.74, 6) is 1.80. The van der Waals surface area contributed by atoms with Crippen molar-refractivity contribution >= 4 is 21.7 Å². The second-order valence-electron chi connectivity index (χ2n) is 11.4. The van der Waals surface area contributed by atoms with Crippen LogP contribution in [0.25, 0.3) is 11.1 Å². The van der Waals surface area contributed by atoms with Crippen molar-refractivity contribution in [2.75, 3.05) is 23.8 Å². The van der Waals surface area contributed by atoms with Crippen molar-refractivity contribution in [1.29, 1.82) is 0 Å². The highest BCUT2D eigenvalue weighted by Crippen LogP contribution is 2.39. The lowest BCUT2D eigenvalue weighted by molar-refractivity contribution is 0.310. The Morgan fingerprint density at radius 3 is 2.76 bits per heavy atom. The maximum atomic E-state index is 13.0. The summed E-state index contributed by atoms with van der Waals surface area (Å²) in [5.41, 5.74) is 11.2. The number of nitrogens with two attached hydrogens (primary N) is 1. The van der Waals surface area contributed by atoms with Crippen molar-refractivity contribution in [3.05, 3.63) is 53.6 Å². The van der Waals surface area contributed by atoms with E-state index in [1.807, 2.05) is 18.2 Å². The first-order valence-electron chi connectivity index (χ1n) is 13.3. The molecule has 1 aromatic carbocycles. The van der Waals surface area contributed by atoms with Gasteiger partial charge in [-0.25, -0.2) is 28.1 Å². The van der Waals surface area contributed by atoms with Gasteiger partial charge in [-0.2, -0.15) is 0 Å². The Balaban J connectivity index is 1.32. The van der Waals surface area contributed by atoms with Crippen LogP contribution in [-0.4, -0.2) is 42.6 Å². The first-order valence-corrected chi connectivity index (χ1v) is 14.8. The highest BCUT2D eigenvalue weighted by atomic mass is 32.2. The number of fused-ring (bicyclic) bond motifs is 2. The lowest BCUT2D eigenvalue weighted by Crippen LogP contribution is -2.39. The minimum Gasteiger partial charge on any atom is -0.491 e. The Hall–Kier alpha value is -3.24. The summed E-state index contributed by atoms with van der Waals surface area (Å²) in [4.78, 5) is 15.8. The molecule has 3 heterocycles. The van der Waals surface area contributed by atoms with Crippen molar-refractivity contribution in [1.82, 2.24) is 19.7 Å². The average molecular weight is 535 g/mol. The highest BCUT2D eigenvalue weighted by molar-refractivity contribution is 7.89. The van der Waals surface area contributed by atoms with E-state index in [-0.39, 0.29) is 22.2 Å². The smallest absolute Gasteiger partial charge is 0.244 e. The van der Waals surface area contributed by atoms with E-state index in [9.17, 15) is 8.42 Å². The molecular formula is C28H34N6O3S. The van der Waals surface area contributed by atoms with Gasteiger partial charge < -0.3 is 15.4 Å². The predicted octanol–water partition coefficient (Wildman–Crippen LogP) is 3.87. The van der Waals surface area contributed by atoms with Crippen molar-refractivity contribution in [2.24, 2.45) is 5.41 Å². The molecule has 2 aliphatic carbocycles. The second-order valence-corrected chi connectivity index (χ2v) is 13.1. The van der Waals surface area contributed by atoms with Crippen LogP contribution in [0.1, 0.15) is 56.4 Å². The van der Waals surface area contributed by atoms with Crippen LogP contribution in [0.2, 0.25) is 0 Å². The molecule has 3 aromatic rings. The molecule has 3 N–H and O–H groups in total. The first kappa shape index (κ1) is 25.1. The zero-order valence-electron chi connectivity index (χ0n) is 21.9. The zero-order chi connectivity index (χ0) is 26.5. The fourth-order valence-corrected chi connectivity index (χ4v) is 6.93. The van der Waals surface area contributed by atoms with E-state index in [1.165, 1.54) is 5.56 Å². The number of benzene rings is 1. The van der Waals surface area contributed by atoms with Crippen molar-refractivity contribution in [3.8, 4) is 16.9 Å². The lowest BCUT2D eigenvalue weighted by Gasteiger charge is -2.33. The van der Waals surface area contributed by atoms with Gasteiger partial charge in [0, 0.05) is 41.2 Å². The summed E-state index contributed by atoms with van der Waals surface area (Å²) in [6.45, 7) is 6.50. The van der Waals surface area contributed by atoms with E-state index in [1.54, 1.807) is 18.6 Å². The van der Waals surface area contributed by atoms with Crippen LogP contribution in [-0.2, 0) is 29.4 Å². The molecule has 1 saturated carbocycles. The molecule has 6 rings (SSSR count). The van der Waals surface area contributed by atoms with E-state index in [2.05, 4.69) is 33.4 Å². The molecule has 1 aliphatic heterocycles. The number of rotatable bonds is 5. The third-order valence-electron chi connectivity index (χ3n) is 7.98. The fourth-order valence-electron chi connectivity index (χ4n) is 5.52. The maximum absolute atomic E-state index is 13.0. The Labute approximate surface area is 223 Å². The molecule has 2 aromatic heterocycles. The van der Waals surface area contributed by atoms with Gasteiger partial charge in [0.15, 0.2) is 0 Å². The van der Waals surface area contributed by atoms with E-state index < -0.39 is 10.0 Å². The Morgan fingerprint density at radius 1 is 1.13 bits per heavy atom. The molecule has 0 radical (unpaired) electrons. The van der Waals surface area contributed by atoms with Crippen LogP contribution in [0.5, 0.6) is 5.75 Å². The molecule has 0 unspecified atom stereocenters. The summed E-state index contributed by atoms with van der Waals surface area (Å²) in [6.07, 6.45) is 9.06. The molecule has 0 amide bonds. The van der Waals surface area contributed by atoms with Crippen LogP contribution < -0.4 is 20.1 Å². The molecule has 9 nitrogen and oxygen atoms in total. The van der Waals surface area contributed by atoms with Gasteiger partial charge >= 0.3 is 0 Å². The zero-order valence-corrected chi connectivity index (χ0v) is 22.7.